The Bertz CT molecular complexity index is 602. The number of thiophene rings is 2. The molecule has 3 nitrogen and oxygen atoms in total. The molecule has 3 heterocycles. The van der Waals surface area contributed by atoms with Crippen molar-refractivity contribution >= 4 is 22.7 Å². The van der Waals surface area contributed by atoms with Crippen molar-refractivity contribution in [2.75, 3.05) is 0 Å². The zero-order valence-electron chi connectivity index (χ0n) is 11.4. The Balaban J connectivity index is 1.81. The van der Waals surface area contributed by atoms with Crippen molar-refractivity contribution in [3.05, 3.63) is 61.8 Å². The van der Waals surface area contributed by atoms with Crippen molar-refractivity contribution < 1.29 is 4.52 Å². The number of hydrogen-bond acceptors (Lipinski definition) is 5. The van der Waals surface area contributed by atoms with E-state index in [2.05, 4.69) is 45.5 Å². The summed E-state index contributed by atoms with van der Waals surface area (Å²) in [5.74, 6) is 0.895. The molecule has 0 atom stereocenters. The maximum absolute atomic E-state index is 5.22. The van der Waals surface area contributed by atoms with Crippen LogP contribution in [-0.2, 0) is 6.54 Å². The van der Waals surface area contributed by atoms with Crippen molar-refractivity contribution in [1.82, 2.24) is 10.5 Å². The molecule has 0 aliphatic heterocycles. The normalized spacial score (nSPS) is 11.3. The molecule has 0 spiro atoms. The van der Waals surface area contributed by atoms with Gasteiger partial charge in [-0.25, -0.2) is 0 Å². The van der Waals surface area contributed by atoms with Gasteiger partial charge in [0.2, 0.25) is 0 Å². The highest BCUT2D eigenvalue weighted by atomic mass is 32.1. The maximum atomic E-state index is 5.22. The monoisotopic (exact) mass is 304 g/mol. The van der Waals surface area contributed by atoms with Gasteiger partial charge in [0, 0.05) is 21.9 Å². The lowest BCUT2D eigenvalue weighted by atomic mass is 10.1. The predicted octanol–water partition coefficient (Wildman–Crippen LogP) is 4.29. The number of nitrogens with one attached hydrogen (secondary N) is 1. The van der Waals surface area contributed by atoms with Gasteiger partial charge >= 0.3 is 0 Å². The Morgan fingerprint density at radius 3 is 2.25 bits per heavy atom. The SMILES string of the molecule is Cc1noc(C)c1CNC(c1cccs1)c1cccs1. The van der Waals surface area contributed by atoms with Crippen LogP contribution in [0.2, 0.25) is 0 Å². The van der Waals surface area contributed by atoms with E-state index in [0.717, 1.165) is 23.6 Å². The van der Waals surface area contributed by atoms with E-state index in [1.807, 2.05) is 13.8 Å². The van der Waals surface area contributed by atoms with Gasteiger partial charge in [0.25, 0.3) is 0 Å². The Kier molecular flexibility index (Phi) is 4.00. The van der Waals surface area contributed by atoms with Gasteiger partial charge in [-0.05, 0) is 36.7 Å². The van der Waals surface area contributed by atoms with Gasteiger partial charge in [0.15, 0.2) is 0 Å². The molecule has 3 aromatic heterocycles. The first-order valence-corrected chi connectivity index (χ1v) is 8.23. The van der Waals surface area contributed by atoms with Crippen molar-refractivity contribution in [3.8, 4) is 0 Å². The van der Waals surface area contributed by atoms with Crippen molar-refractivity contribution in [3.63, 3.8) is 0 Å². The lowest BCUT2D eigenvalue weighted by Gasteiger charge is -2.16. The fraction of sp³-hybridized carbons (Fsp3) is 0.267. The summed E-state index contributed by atoms with van der Waals surface area (Å²) in [6.45, 7) is 4.71. The van der Waals surface area contributed by atoms with Crippen LogP contribution in [0.3, 0.4) is 0 Å². The van der Waals surface area contributed by atoms with Gasteiger partial charge in [0.05, 0.1) is 11.7 Å². The molecule has 0 bridgehead atoms. The van der Waals surface area contributed by atoms with Crippen LogP contribution in [0.15, 0.2) is 39.5 Å². The van der Waals surface area contributed by atoms with E-state index >= 15 is 0 Å². The van der Waals surface area contributed by atoms with Crippen molar-refractivity contribution in [1.29, 1.82) is 0 Å². The highest BCUT2D eigenvalue weighted by Gasteiger charge is 2.17. The van der Waals surface area contributed by atoms with Crippen LogP contribution in [0.1, 0.15) is 32.8 Å². The second kappa shape index (κ2) is 5.91. The van der Waals surface area contributed by atoms with Gasteiger partial charge in [-0.15, -0.1) is 22.7 Å². The molecule has 20 heavy (non-hydrogen) atoms. The topological polar surface area (TPSA) is 38.1 Å². The van der Waals surface area contributed by atoms with Crippen LogP contribution in [0, 0.1) is 13.8 Å². The quantitative estimate of drug-likeness (QED) is 0.764. The minimum atomic E-state index is 0.240. The summed E-state index contributed by atoms with van der Waals surface area (Å²) in [6.07, 6.45) is 0. The molecular formula is C15H16N2OS2. The molecule has 0 unspecified atom stereocenters. The number of rotatable bonds is 5. The van der Waals surface area contributed by atoms with E-state index in [9.17, 15) is 0 Å². The fourth-order valence-corrected chi connectivity index (χ4v) is 3.92. The Morgan fingerprint density at radius 1 is 1.15 bits per heavy atom. The molecule has 0 amide bonds. The first-order chi connectivity index (χ1) is 9.75. The molecule has 0 aromatic carbocycles. The van der Waals surface area contributed by atoms with E-state index in [0.29, 0.717) is 0 Å². The molecular weight excluding hydrogens is 288 g/mol. The summed E-state index contributed by atoms with van der Waals surface area (Å²) >= 11 is 3.56. The summed E-state index contributed by atoms with van der Waals surface area (Å²) in [5.41, 5.74) is 2.12. The predicted molar refractivity (Wildman–Crippen MR) is 83.3 cm³/mol. The zero-order valence-corrected chi connectivity index (χ0v) is 13.1. The summed E-state index contributed by atoms with van der Waals surface area (Å²) in [5, 5.41) is 11.9. The molecule has 0 saturated carbocycles. The standard InChI is InChI=1S/C15H16N2OS2/c1-10-12(11(2)18-17-10)9-16-15(13-5-3-7-19-13)14-6-4-8-20-14/h3-8,15-16H,9H2,1-2H3. The summed E-state index contributed by atoms with van der Waals surface area (Å²) in [4.78, 5) is 2.67. The average molecular weight is 304 g/mol. The lowest BCUT2D eigenvalue weighted by molar-refractivity contribution is 0.391. The van der Waals surface area contributed by atoms with Gasteiger partial charge < -0.3 is 9.84 Å². The summed E-state index contributed by atoms with van der Waals surface area (Å²) < 4.78 is 5.22. The van der Waals surface area contributed by atoms with Gasteiger partial charge in [-0.1, -0.05) is 17.3 Å². The van der Waals surface area contributed by atoms with Crippen LogP contribution < -0.4 is 5.32 Å². The number of aromatic nitrogens is 1. The number of nitrogens with zero attached hydrogens (tertiary/aromatic N) is 1. The highest BCUT2D eigenvalue weighted by Crippen LogP contribution is 2.29. The zero-order chi connectivity index (χ0) is 13.9. The van der Waals surface area contributed by atoms with E-state index < -0.39 is 0 Å². The van der Waals surface area contributed by atoms with Gasteiger partial charge in [0.1, 0.15) is 5.76 Å². The average Bonchev–Trinajstić information content (AvgIpc) is 3.16. The van der Waals surface area contributed by atoms with Crippen LogP contribution in [-0.4, -0.2) is 5.16 Å². The molecule has 0 fully saturated rings. The number of aryl methyl sites for hydroxylation is 2. The van der Waals surface area contributed by atoms with E-state index in [1.54, 1.807) is 22.7 Å². The van der Waals surface area contributed by atoms with Crippen LogP contribution in [0.4, 0.5) is 0 Å². The Labute approximate surface area is 126 Å². The van der Waals surface area contributed by atoms with E-state index in [-0.39, 0.29) is 6.04 Å². The minimum absolute atomic E-state index is 0.240. The molecule has 3 aromatic rings. The van der Waals surface area contributed by atoms with E-state index in [4.69, 9.17) is 4.52 Å². The van der Waals surface area contributed by atoms with Crippen LogP contribution >= 0.6 is 22.7 Å². The Morgan fingerprint density at radius 2 is 1.80 bits per heavy atom. The first-order valence-electron chi connectivity index (χ1n) is 6.47. The summed E-state index contributed by atoms with van der Waals surface area (Å²) in [7, 11) is 0. The second-order valence-corrected chi connectivity index (χ2v) is 6.61. The van der Waals surface area contributed by atoms with Crippen LogP contribution in [0.5, 0.6) is 0 Å². The molecule has 0 aliphatic carbocycles. The second-order valence-electron chi connectivity index (χ2n) is 4.65. The third-order valence-electron chi connectivity index (χ3n) is 3.32. The third kappa shape index (κ3) is 2.70. The highest BCUT2D eigenvalue weighted by molar-refractivity contribution is 7.11. The first kappa shape index (κ1) is 13.5. The number of hydrogen-bond donors (Lipinski definition) is 1. The maximum Gasteiger partial charge on any atom is 0.138 e. The molecule has 0 saturated heterocycles. The molecule has 0 aliphatic rings. The summed E-state index contributed by atoms with van der Waals surface area (Å²) in [6, 6.07) is 8.78. The smallest absolute Gasteiger partial charge is 0.138 e. The molecule has 1 N–H and O–H groups in total. The molecule has 104 valence electrons. The fourth-order valence-electron chi connectivity index (χ4n) is 2.21. The molecule has 5 heteroatoms. The van der Waals surface area contributed by atoms with Crippen LogP contribution in [0.25, 0.3) is 0 Å². The third-order valence-corrected chi connectivity index (χ3v) is 5.19. The molecule has 0 radical (unpaired) electrons. The molecule has 3 rings (SSSR count). The Hall–Kier alpha value is -1.43. The minimum Gasteiger partial charge on any atom is -0.361 e. The van der Waals surface area contributed by atoms with Gasteiger partial charge in [-0.3, -0.25) is 0 Å². The van der Waals surface area contributed by atoms with E-state index in [1.165, 1.54) is 9.75 Å². The van der Waals surface area contributed by atoms with Crippen molar-refractivity contribution in [2.24, 2.45) is 0 Å². The lowest BCUT2D eigenvalue weighted by Crippen LogP contribution is -2.20. The largest absolute Gasteiger partial charge is 0.361 e. The van der Waals surface area contributed by atoms with Crippen molar-refractivity contribution in [2.45, 2.75) is 26.4 Å². The van der Waals surface area contributed by atoms with Gasteiger partial charge in [-0.2, -0.15) is 0 Å².